The molecule has 37 heavy (non-hydrogen) atoms. The maximum absolute atomic E-state index is 13.3. The number of amides is 1. The lowest BCUT2D eigenvalue weighted by Gasteiger charge is -2.28. The van der Waals surface area contributed by atoms with Crippen molar-refractivity contribution in [3.63, 3.8) is 0 Å². The van der Waals surface area contributed by atoms with Crippen molar-refractivity contribution >= 4 is 11.9 Å². The number of morpholine rings is 1. The highest BCUT2D eigenvalue weighted by Gasteiger charge is 2.29. The molecule has 1 amide bonds. The number of anilines is 1. The lowest BCUT2D eigenvalue weighted by Crippen LogP contribution is -2.37. The third-order valence-electron chi connectivity index (χ3n) is 7.34. The Morgan fingerprint density at radius 2 is 1.97 bits per heavy atom. The first kappa shape index (κ1) is 25.3. The Labute approximate surface area is 218 Å². The summed E-state index contributed by atoms with van der Waals surface area (Å²) in [5, 5.41) is 9.72. The number of hydrogen-bond acceptors (Lipinski definition) is 7. The van der Waals surface area contributed by atoms with Gasteiger partial charge in [0.25, 0.3) is 5.91 Å². The Balaban J connectivity index is 1.47. The Morgan fingerprint density at radius 1 is 1.11 bits per heavy atom. The lowest BCUT2D eigenvalue weighted by atomic mass is 9.97. The molecule has 8 nitrogen and oxygen atoms in total. The molecular formula is C29H35N5O3. The SMILES string of the molecule is Cc1nc(N2CCOCC2)nc(-c2cccc(C(=O)N3CCC[C@@H]3CO)c2)c1CCCc1cccnc1. The van der Waals surface area contributed by atoms with E-state index in [9.17, 15) is 9.90 Å². The van der Waals surface area contributed by atoms with Gasteiger partial charge in [-0.2, -0.15) is 0 Å². The largest absolute Gasteiger partial charge is 0.394 e. The highest BCUT2D eigenvalue weighted by Crippen LogP contribution is 2.29. The summed E-state index contributed by atoms with van der Waals surface area (Å²) < 4.78 is 5.53. The Hall–Kier alpha value is -3.36. The van der Waals surface area contributed by atoms with Gasteiger partial charge >= 0.3 is 0 Å². The summed E-state index contributed by atoms with van der Waals surface area (Å²) in [6, 6.07) is 11.7. The number of nitrogens with zero attached hydrogens (tertiary/aromatic N) is 5. The molecule has 2 aromatic heterocycles. The van der Waals surface area contributed by atoms with Crippen LogP contribution in [0.15, 0.2) is 48.8 Å². The van der Waals surface area contributed by atoms with Crippen LogP contribution in [0.2, 0.25) is 0 Å². The van der Waals surface area contributed by atoms with Gasteiger partial charge in [-0.3, -0.25) is 9.78 Å². The molecule has 1 N–H and O–H groups in total. The summed E-state index contributed by atoms with van der Waals surface area (Å²) in [5.41, 5.74) is 5.72. The Kier molecular flexibility index (Phi) is 8.06. The van der Waals surface area contributed by atoms with E-state index in [1.807, 2.05) is 36.5 Å². The van der Waals surface area contributed by atoms with E-state index in [-0.39, 0.29) is 18.6 Å². The van der Waals surface area contributed by atoms with E-state index in [4.69, 9.17) is 14.7 Å². The molecule has 2 aliphatic rings. The minimum absolute atomic E-state index is 0.000523. The molecule has 3 aromatic rings. The number of aryl methyl sites for hydroxylation is 2. The van der Waals surface area contributed by atoms with Crippen molar-refractivity contribution in [3.8, 4) is 11.3 Å². The average molecular weight is 502 g/mol. The number of ether oxygens (including phenoxy) is 1. The second-order valence-electron chi connectivity index (χ2n) is 9.81. The summed E-state index contributed by atoms with van der Waals surface area (Å²) >= 11 is 0. The second kappa shape index (κ2) is 11.8. The molecule has 1 atom stereocenters. The maximum Gasteiger partial charge on any atom is 0.254 e. The van der Waals surface area contributed by atoms with Crippen LogP contribution >= 0.6 is 0 Å². The molecule has 194 valence electrons. The van der Waals surface area contributed by atoms with Gasteiger partial charge in [-0.1, -0.05) is 18.2 Å². The van der Waals surface area contributed by atoms with E-state index in [1.165, 1.54) is 5.56 Å². The van der Waals surface area contributed by atoms with Crippen LogP contribution in [-0.4, -0.2) is 76.4 Å². The standard InChI is InChI=1S/C29H35N5O3/c1-21-26(11-2-6-22-7-4-12-30-19-22)27(32-29(31-21)33-14-16-37-17-15-33)23-8-3-9-24(18-23)28(36)34-13-5-10-25(34)20-35/h3-4,7-9,12,18-19,25,35H,2,5-6,10-11,13-17,20H2,1H3/t25-/m1/s1. The zero-order chi connectivity index (χ0) is 25.6. The van der Waals surface area contributed by atoms with Gasteiger partial charge < -0.3 is 19.6 Å². The molecule has 1 aromatic carbocycles. The molecule has 2 saturated heterocycles. The second-order valence-corrected chi connectivity index (χ2v) is 9.81. The first-order valence-electron chi connectivity index (χ1n) is 13.3. The fourth-order valence-corrected chi connectivity index (χ4v) is 5.30. The summed E-state index contributed by atoms with van der Waals surface area (Å²) in [6.45, 7) is 5.58. The Morgan fingerprint density at radius 3 is 2.76 bits per heavy atom. The predicted octanol–water partition coefficient (Wildman–Crippen LogP) is 3.46. The molecule has 5 rings (SSSR count). The van der Waals surface area contributed by atoms with Gasteiger partial charge in [-0.15, -0.1) is 0 Å². The molecule has 2 fully saturated rings. The molecular weight excluding hydrogens is 466 g/mol. The van der Waals surface area contributed by atoms with Crippen molar-refractivity contribution in [2.24, 2.45) is 0 Å². The normalized spacial score (nSPS) is 17.8. The van der Waals surface area contributed by atoms with Crippen LogP contribution in [0.3, 0.4) is 0 Å². The van der Waals surface area contributed by atoms with Crippen LogP contribution in [0, 0.1) is 6.92 Å². The molecule has 0 unspecified atom stereocenters. The van der Waals surface area contributed by atoms with Crippen molar-refractivity contribution in [2.45, 2.75) is 45.1 Å². The monoisotopic (exact) mass is 501 g/mol. The van der Waals surface area contributed by atoms with E-state index in [2.05, 4.69) is 22.9 Å². The van der Waals surface area contributed by atoms with Crippen molar-refractivity contribution < 1.29 is 14.6 Å². The average Bonchev–Trinajstić information content (AvgIpc) is 3.43. The van der Waals surface area contributed by atoms with Crippen molar-refractivity contribution in [3.05, 3.63) is 71.2 Å². The molecule has 0 saturated carbocycles. The van der Waals surface area contributed by atoms with E-state index in [1.54, 1.807) is 11.1 Å². The molecule has 0 aliphatic carbocycles. The van der Waals surface area contributed by atoms with Crippen LogP contribution in [0.1, 0.15) is 46.4 Å². The number of aliphatic hydroxyl groups excluding tert-OH is 1. The number of carbonyl (C=O) groups excluding carboxylic acids is 1. The summed E-state index contributed by atoms with van der Waals surface area (Å²) in [6.07, 6.45) is 8.18. The van der Waals surface area contributed by atoms with Gasteiger partial charge in [-0.05, 0) is 68.4 Å². The lowest BCUT2D eigenvalue weighted by molar-refractivity contribution is 0.0677. The first-order chi connectivity index (χ1) is 18.1. The fraction of sp³-hybridized carbons (Fsp3) is 0.448. The third-order valence-corrected chi connectivity index (χ3v) is 7.34. The van der Waals surface area contributed by atoms with Gasteiger partial charge in [0.05, 0.1) is 31.6 Å². The van der Waals surface area contributed by atoms with E-state index in [0.29, 0.717) is 31.3 Å². The molecule has 0 spiro atoms. The smallest absolute Gasteiger partial charge is 0.254 e. The Bertz CT molecular complexity index is 1210. The fourth-order valence-electron chi connectivity index (χ4n) is 5.30. The van der Waals surface area contributed by atoms with Crippen LogP contribution in [-0.2, 0) is 17.6 Å². The van der Waals surface area contributed by atoms with E-state index in [0.717, 1.165) is 67.7 Å². The highest BCUT2D eigenvalue weighted by molar-refractivity contribution is 5.96. The molecule has 8 heteroatoms. The van der Waals surface area contributed by atoms with Gasteiger partial charge in [0.15, 0.2) is 0 Å². The highest BCUT2D eigenvalue weighted by atomic mass is 16.5. The first-order valence-corrected chi connectivity index (χ1v) is 13.3. The minimum atomic E-state index is -0.103. The summed E-state index contributed by atoms with van der Waals surface area (Å²) in [5.74, 6) is 0.680. The van der Waals surface area contributed by atoms with E-state index >= 15 is 0 Å². The van der Waals surface area contributed by atoms with Gasteiger partial charge in [0, 0.05) is 48.8 Å². The number of pyridine rings is 1. The van der Waals surface area contributed by atoms with Crippen LogP contribution in [0.5, 0.6) is 0 Å². The molecule has 2 aliphatic heterocycles. The zero-order valence-electron chi connectivity index (χ0n) is 21.5. The topological polar surface area (TPSA) is 91.7 Å². The molecule has 0 radical (unpaired) electrons. The number of aliphatic hydroxyl groups is 1. The van der Waals surface area contributed by atoms with Crippen LogP contribution < -0.4 is 4.90 Å². The van der Waals surface area contributed by atoms with Gasteiger partial charge in [-0.25, -0.2) is 9.97 Å². The van der Waals surface area contributed by atoms with E-state index < -0.39 is 0 Å². The molecule has 4 heterocycles. The van der Waals surface area contributed by atoms with Gasteiger partial charge in [0.2, 0.25) is 5.95 Å². The summed E-state index contributed by atoms with van der Waals surface area (Å²) in [7, 11) is 0. The van der Waals surface area contributed by atoms with Gasteiger partial charge in [0.1, 0.15) is 0 Å². The number of hydrogen-bond donors (Lipinski definition) is 1. The van der Waals surface area contributed by atoms with Crippen molar-refractivity contribution in [1.82, 2.24) is 19.9 Å². The van der Waals surface area contributed by atoms with Crippen LogP contribution in [0.4, 0.5) is 5.95 Å². The zero-order valence-corrected chi connectivity index (χ0v) is 21.5. The molecule has 0 bridgehead atoms. The number of likely N-dealkylation sites (tertiary alicyclic amines) is 1. The third kappa shape index (κ3) is 5.81. The van der Waals surface area contributed by atoms with Crippen molar-refractivity contribution in [1.29, 1.82) is 0 Å². The predicted molar refractivity (Wildman–Crippen MR) is 143 cm³/mol. The minimum Gasteiger partial charge on any atom is -0.394 e. The number of rotatable bonds is 8. The number of benzene rings is 1. The quantitative estimate of drug-likeness (QED) is 0.505. The number of aromatic nitrogens is 3. The van der Waals surface area contributed by atoms with Crippen molar-refractivity contribution in [2.75, 3.05) is 44.4 Å². The van der Waals surface area contributed by atoms with Crippen LogP contribution in [0.25, 0.3) is 11.3 Å². The summed E-state index contributed by atoms with van der Waals surface area (Å²) in [4.78, 5) is 31.5. The number of carbonyl (C=O) groups is 1. The maximum atomic E-state index is 13.3.